The first kappa shape index (κ1) is 11.5. The van der Waals surface area contributed by atoms with Gasteiger partial charge in [0.05, 0.1) is 0 Å². The molecular weight excluding hydrogens is 198 g/mol. The number of nitrogens with zero attached hydrogens (tertiary/aromatic N) is 3. The fraction of sp³-hybridized carbons (Fsp3) is 0.800. The molecule has 0 aliphatic rings. The Morgan fingerprint density at radius 1 is 1.36 bits per heavy atom. The summed E-state index contributed by atoms with van der Waals surface area (Å²) in [4.78, 5) is 4.26. The number of rotatable bonds is 5. The van der Waals surface area contributed by atoms with Gasteiger partial charge in [0.2, 0.25) is 0 Å². The number of aromatic nitrogens is 3. The highest BCUT2D eigenvalue weighted by atomic mass is 35.5. The minimum atomic E-state index is 0.663. The number of halogens is 1. The molecule has 0 aromatic carbocycles. The molecule has 0 spiro atoms. The Hall–Kier alpha value is -0.570. The lowest BCUT2D eigenvalue weighted by Gasteiger charge is -2.09. The maximum absolute atomic E-state index is 5.68. The molecule has 0 aliphatic heterocycles. The summed E-state index contributed by atoms with van der Waals surface area (Å²) in [6.45, 7) is 7.09. The Balaban J connectivity index is 2.41. The molecule has 0 radical (unpaired) electrons. The van der Waals surface area contributed by atoms with Gasteiger partial charge in [0, 0.05) is 12.4 Å². The third-order valence-electron chi connectivity index (χ3n) is 2.40. The standard InChI is InChI=1S/C10H18ClN3/c1-8(4-6-11)5-7-14-10(3)12-9(2)13-14/h8H,4-7H2,1-3H3. The van der Waals surface area contributed by atoms with Crippen molar-refractivity contribution < 1.29 is 0 Å². The van der Waals surface area contributed by atoms with Crippen LogP contribution in [0.15, 0.2) is 0 Å². The number of hydrogen-bond donors (Lipinski definition) is 0. The van der Waals surface area contributed by atoms with Crippen LogP contribution in [0.1, 0.15) is 31.4 Å². The maximum Gasteiger partial charge on any atom is 0.147 e. The summed E-state index contributed by atoms with van der Waals surface area (Å²) in [6.07, 6.45) is 2.20. The summed E-state index contributed by atoms with van der Waals surface area (Å²) >= 11 is 5.68. The van der Waals surface area contributed by atoms with Crippen molar-refractivity contribution in [2.75, 3.05) is 5.88 Å². The summed E-state index contributed by atoms with van der Waals surface area (Å²) in [6, 6.07) is 0. The second-order valence-corrected chi connectivity index (χ2v) is 4.18. The molecule has 0 aliphatic carbocycles. The second-order valence-electron chi connectivity index (χ2n) is 3.80. The minimum Gasteiger partial charge on any atom is -0.250 e. The minimum absolute atomic E-state index is 0.663. The lowest BCUT2D eigenvalue weighted by Crippen LogP contribution is -2.07. The fourth-order valence-corrected chi connectivity index (χ4v) is 1.82. The Morgan fingerprint density at radius 3 is 2.57 bits per heavy atom. The van der Waals surface area contributed by atoms with E-state index in [0.29, 0.717) is 5.92 Å². The topological polar surface area (TPSA) is 30.7 Å². The number of hydrogen-bond acceptors (Lipinski definition) is 2. The molecule has 1 unspecified atom stereocenters. The van der Waals surface area contributed by atoms with Crippen molar-refractivity contribution in [3.05, 3.63) is 11.6 Å². The van der Waals surface area contributed by atoms with Crippen LogP contribution in [0.25, 0.3) is 0 Å². The van der Waals surface area contributed by atoms with Crippen molar-refractivity contribution in [1.82, 2.24) is 14.8 Å². The van der Waals surface area contributed by atoms with E-state index in [4.69, 9.17) is 11.6 Å². The molecule has 14 heavy (non-hydrogen) atoms. The fourth-order valence-electron chi connectivity index (χ4n) is 1.45. The van der Waals surface area contributed by atoms with Crippen LogP contribution in [0, 0.1) is 19.8 Å². The SMILES string of the molecule is Cc1nc(C)n(CCC(C)CCCl)n1. The van der Waals surface area contributed by atoms with Crippen LogP contribution < -0.4 is 0 Å². The van der Waals surface area contributed by atoms with Crippen LogP contribution in [-0.2, 0) is 6.54 Å². The molecule has 0 saturated heterocycles. The molecule has 1 atom stereocenters. The molecule has 1 aromatic rings. The summed E-state index contributed by atoms with van der Waals surface area (Å²) < 4.78 is 1.97. The molecule has 1 aromatic heterocycles. The van der Waals surface area contributed by atoms with E-state index in [1.807, 2.05) is 18.5 Å². The van der Waals surface area contributed by atoms with E-state index in [-0.39, 0.29) is 0 Å². The monoisotopic (exact) mass is 215 g/mol. The van der Waals surface area contributed by atoms with Crippen LogP contribution in [0.2, 0.25) is 0 Å². The molecule has 0 N–H and O–H groups in total. The lowest BCUT2D eigenvalue weighted by molar-refractivity contribution is 0.444. The number of alkyl halides is 1. The summed E-state index contributed by atoms with van der Waals surface area (Å²) in [5, 5.41) is 4.31. The van der Waals surface area contributed by atoms with E-state index in [0.717, 1.165) is 36.9 Å². The zero-order valence-corrected chi connectivity index (χ0v) is 9.88. The van der Waals surface area contributed by atoms with E-state index in [1.165, 1.54) is 0 Å². The average molecular weight is 216 g/mol. The van der Waals surface area contributed by atoms with Crippen molar-refractivity contribution in [3.8, 4) is 0 Å². The van der Waals surface area contributed by atoms with E-state index >= 15 is 0 Å². The Morgan fingerprint density at radius 2 is 2.07 bits per heavy atom. The molecule has 0 bridgehead atoms. The molecule has 4 heteroatoms. The maximum atomic E-state index is 5.68. The molecule has 1 heterocycles. The van der Waals surface area contributed by atoms with Gasteiger partial charge in [-0.3, -0.25) is 4.68 Å². The van der Waals surface area contributed by atoms with Gasteiger partial charge in [-0.05, 0) is 32.6 Å². The van der Waals surface area contributed by atoms with Gasteiger partial charge in [0.1, 0.15) is 11.6 Å². The van der Waals surface area contributed by atoms with E-state index in [2.05, 4.69) is 17.0 Å². The predicted molar refractivity (Wildman–Crippen MR) is 58.6 cm³/mol. The first-order chi connectivity index (χ1) is 6.63. The third-order valence-corrected chi connectivity index (χ3v) is 2.62. The normalized spacial score (nSPS) is 13.1. The van der Waals surface area contributed by atoms with Crippen LogP contribution >= 0.6 is 11.6 Å². The van der Waals surface area contributed by atoms with Gasteiger partial charge in [-0.1, -0.05) is 6.92 Å². The molecular formula is C10H18ClN3. The first-order valence-electron chi connectivity index (χ1n) is 5.07. The summed E-state index contributed by atoms with van der Waals surface area (Å²) in [7, 11) is 0. The largest absolute Gasteiger partial charge is 0.250 e. The average Bonchev–Trinajstić information content (AvgIpc) is 2.42. The van der Waals surface area contributed by atoms with Gasteiger partial charge in [0.25, 0.3) is 0 Å². The van der Waals surface area contributed by atoms with Crippen molar-refractivity contribution in [1.29, 1.82) is 0 Å². The van der Waals surface area contributed by atoms with Gasteiger partial charge in [-0.25, -0.2) is 4.98 Å². The van der Waals surface area contributed by atoms with E-state index < -0.39 is 0 Å². The van der Waals surface area contributed by atoms with Gasteiger partial charge in [0.15, 0.2) is 0 Å². The van der Waals surface area contributed by atoms with Gasteiger partial charge >= 0.3 is 0 Å². The highest BCUT2D eigenvalue weighted by Crippen LogP contribution is 2.10. The molecule has 0 saturated carbocycles. The van der Waals surface area contributed by atoms with Gasteiger partial charge in [-0.2, -0.15) is 5.10 Å². The second kappa shape index (κ2) is 5.35. The van der Waals surface area contributed by atoms with Crippen molar-refractivity contribution >= 4 is 11.6 Å². The molecule has 0 fully saturated rings. The van der Waals surface area contributed by atoms with Crippen LogP contribution in [0.5, 0.6) is 0 Å². The smallest absolute Gasteiger partial charge is 0.147 e. The molecule has 1 rings (SSSR count). The van der Waals surface area contributed by atoms with Crippen molar-refractivity contribution in [3.63, 3.8) is 0 Å². The molecule has 80 valence electrons. The molecule has 0 amide bonds. The van der Waals surface area contributed by atoms with Crippen molar-refractivity contribution in [2.24, 2.45) is 5.92 Å². The summed E-state index contributed by atoms with van der Waals surface area (Å²) in [5.74, 6) is 3.26. The van der Waals surface area contributed by atoms with E-state index in [9.17, 15) is 0 Å². The zero-order chi connectivity index (χ0) is 10.6. The van der Waals surface area contributed by atoms with Crippen LogP contribution in [-0.4, -0.2) is 20.6 Å². The Kier molecular flexibility index (Phi) is 4.39. The van der Waals surface area contributed by atoms with Gasteiger partial charge in [-0.15, -0.1) is 11.6 Å². The first-order valence-corrected chi connectivity index (χ1v) is 5.61. The van der Waals surface area contributed by atoms with Crippen LogP contribution in [0.3, 0.4) is 0 Å². The quantitative estimate of drug-likeness (QED) is 0.707. The lowest BCUT2D eigenvalue weighted by atomic mass is 10.1. The molecule has 3 nitrogen and oxygen atoms in total. The van der Waals surface area contributed by atoms with Gasteiger partial charge < -0.3 is 0 Å². The Labute approximate surface area is 90.5 Å². The summed E-state index contributed by atoms with van der Waals surface area (Å²) in [5.41, 5.74) is 0. The van der Waals surface area contributed by atoms with Crippen LogP contribution in [0.4, 0.5) is 0 Å². The number of aryl methyl sites for hydroxylation is 3. The third kappa shape index (κ3) is 3.29. The predicted octanol–water partition coefficient (Wildman–Crippen LogP) is 2.55. The van der Waals surface area contributed by atoms with Crippen molar-refractivity contribution in [2.45, 2.75) is 40.2 Å². The Bertz CT molecular complexity index is 283. The highest BCUT2D eigenvalue weighted by Gasteiger charge is 2.05. The van der Waals surface area contributed by atoms with E-state index in [1.54, 1.807) is 0 Å². The zero-order valence-electron chi connectivity index (χ0n) is 9.13. The highest BCUT2D eigenvalue weighted by molar-refractivity contribution is 6.17.